The lowest BCUT2D eigenvalue weighted by Crippen LogP contribution is -2.62. The van der Waals surface area contributed by atoms with Crippen molar-refractivity contribution < 1.29 is 57.9 Å². The fraction of sp³-hybridized carbons (Fsp3) is 0.652. The molecule has 0 aliphatic carbocycles. The molecule has 12 heteroatoms. The van der Waals surface area contributed by atoms with Gasteiger partial charge in [0.15, 0.2) is 0 Å². The van der Waals surface area contributed by atoms with Gasteiger partial charge < -0.3 is 29.2 Å². The lowest BCUT2D eigenvalue weighted by atomic mass is 9.91. The largest absolute Gasteiger partial charge is 0.452 e. The fourth-order valence-electron chi connectivity index (χ4n) is 2.96. The number of ether oxygens (including phenoxy) is 4. The van der Waals surface area contributed by atoms with Crippen LogP contribution in [0, 0.1) is 23.7 Å². The number of Topliss-reactive ketones (excluding diaryl/α,β-unsaturated/α-hetero) is 4. The number of hydrogen-bond donors (Lipinski definition) is 2. The zero-order valence-electron chi connectivity index (χ0n) is 20.9. The van der Waals surface area contributed by atoms with E-state index in [4.69, 9.17) is 18.9 Å². The number of carbonyl (C=O) groups excluding carboxylic acids is 6. The molecule has 0 aromatic heterocycles. The van der Waals surface area contributed by atoms with E-state index in [-0.39, 0.29) is 0 Å². The first-order valence-corrected chi connectivity index (χ1v) is 11.0. The van der Waals surface area contributed by atoms with Gasteiger partial charge in [-0.2, -0.15) is 0 Å². The van der Waals surface area contributed by atoms with Crippen LogP contribution in [0.5, 0.6) is 0 Å². The van der Waals surface area contributed by atoms with Gasteiger partial charge in [0.1, 0.15) is 12.5 Å². The van der Waals surface area contributed by atoms with Gasteiger partial charge in [-0.25, -0.2) is 9.59 Å². The van der Waals surface area contributed by atoms with E-state index in [9.17, 15) is 39.0 Å². The van der Waals surface area contributed by atoms with Crippen LogP contribution in [0.1, 0.15) is 55.4 Å². The van der Waals surface area contributed by atoms with E-state index in [2.05, 4.69) is 0 Å². The molecular weight excluding hydrogens is 468 g/mol. The highest BCUT2D eigenvalue weighted by Crippen LogP contribution is 2.31. The van der Waals surface area contributed by atoms with Crippen molar-refractivity contribution in [2.45, 2.75) is 72.8 Å². The molecule has 1 aliphatic rings. The summed E-state index contributed by atoms with van der Waals surface area (Å²) in [7, 11) is 0. The van der Waals surface area contributed by atoms with Gasteiger partial charge in [-0.05, 0) is 0 Å². The molecule has 35 heavy (non-hydrogen) atoms. The van der Waals surface area contributed by atoms with Crippen molar-refractivity contribution in [3.05, 3.63) is 12.5 Å². The summed E-state index contributed by atoms with van der Waals surface area (Å²) in [5, 5.41) is 21.6. The monoisotopic (exact) mass is 500 g/mol. The lowest BCUT2D eigenvalue weighted by molar-refractivity contribution is -0.257. The Labute approximate surface area is 202 Å². The smallest absolute Gasteiger partial charge is 0.439 e. The Hall–Kier alpha value is -3.12. The Morgan fingerprint density at radius 1 is 0.600 bits per heavy atom. The van der Waals surface area contributed by atoms with Crippen LogP contribution >= 0.6 is 0 Å². The van der Waals surface area contributed by atoms with Crippen LogP contribution in [0.2, 0.25) is 0 Å². The molecule has 1 rings (SSSR count). The molecule has 1 heterocycles. The van der Waals surface area contributed by atoms with E-state index in [1.165, 1.54) is 55.4 Å². The van der Waals surface area contributed by atoms with E-state index in [0.29, 0.717) is 12.5 Å². The third kappa shape index (κ3) is 5.59. The number of aliphatic hydroxyl groups is 2. The van der Waals surface area contributed by atoms with Crippen LogP contribution in [0.3, 0.4) is 0 Å². The van der Waals surface area contributed by atoms with E-state index < -0.39 is 76.1 Å². The van der Waals surface area contributed by atoms with E-state index >= 15 is 0 Å². The highest BCUT2D eigenvalue weighted by Gasteiger charge is 2.64. The predicted molar refractivity (Wildman–Crippen MR) is 116 cm³/mol. The summed E-state index contributed by atoms with van der Waals surface area (Å²) in [5.41, 5.74) is 0. The minimum Gasteiger partial charge on any atom is -0.439 e. The second kappa shape index (κ2) is 10.6. The Morgan fingerprint density at radius 3 is 1.03 bits per heavy atom. The Kier molecular flexibility index (Phi) is 9.10. The van der Waals surface area contributed by atoms with Crippen LogP contribution < -0.4 is 0 Å². The van der Waals surface area contributed by atoms with Gasteiger partial charge in [0.05, 0.1) is 0 Å². The number of ketones is 4. The zero-order chi connectivity index (χ0) is 27.5. The number of esters is 2. The maximum Gasteiger partial charge on any atom is 0.452 e. The molecule has 196 valence electrons. The predicted octanol–water partition coefficient (Wildman–Crippen LogP) is 0.565. The first kappa shape index (κ1) is 29.9. The first-order chi connectivity index (χ1) is 15.9. The molecule has 0 fully saturated rings. The van der Waals surface area contributed by atoms with Crippen molar-refractivity contribution in [1.29, 1.82) is 0 Å². The van der Waals surface area contributed by atoms with Gasteiger partial charge in [-0.1, -0.05) is 55.4 Å². The molecule has 0 saturated carbocycles. The Bertz CT molecular complexity index is 811. The fourth-order valence-corrected chi connectivity index (χ4v) is 2.96. The summed E-state index contributed by atoms with van der Waals surface area (Å²) < 4.78 is 19.4. The van der Waals surface area contributed by atoms with Crippen LogP contribution in [-0.2, 0) is 47.7 Å². The van der Waals surface area contributed by atoms with Gasteiger partial charge in [0.2, 0.25) is 23.1 Å². The van der Waals surface area contributed by atoms with Crippen molar-refractivity contribution in [3.63, 3.8) is 0 Å². The number of carbonyl (C=O) groups is 6. The molecule has 0 aromatic carbocycles. The zero-order valence-corrected chi connectivity index (χ0v) is 20.9. The van der Waals surface area contributed by atoms with Gasteiger partial charge in [-0.15, -0.1) is 0 Å². The molecule has 0 unspecified atom stereocenters. The van der Waals surface area contributed by atoms with Crippen molar-refractivity contribution >= 4 is 35.1 Å². The minimum atomic E-state index is -3.32. The molecule has 12 nitrogen and oxygen atoms in total. The van der Waals surface area contributed by atoms with E-state index in [0.717, 1.165) is 0 Å². The second-order valence-corrected chi connectivity index (χ2v) is 9.27. The first-order valence-electron chi connectivity index (χ1n) is 11.0. The molecule has 0 radical (unpaired) electrons. The number of hydrogen-bond acceptors (Lipinski definition) is 12. The quantitative estimate of drug-likeness (QED) is 0.216. The molecule has 1 aliphatic heterocycles. The maximum absolute atomic E-state index is 13.0. The Morgan fingerprint density at radius 2 is 0.829 bits per heavy atom. The highest BCUT2D eigenvalue weighted by molar-refractivity contribution is 6.14. The highest BCUT2D eigenvalue weighted by atomic mass is 16.8. The van der Waals surface area contributed by atoms with Gasteiger partial charge in [0, 0.05) is 23.7 Å². The van der Waals surface area contributed by atoms with Gasteiger partial charge in [-0.3, -0.25) is 19.2 Å². The molecular formula is C23H32O12. The van der Waals surface area contributed by atoms with Gasteiger partial charge in [0.25, 0.3) is 0 Å². The summed E-state index contributed by atoms with van der Waals surface area (Å²) in [6, 6.07) is 0. The van der Waals surface area contributed by atoms with Crippen LogP contribution in [0.25, 0.3) is 0 Å². The van der Waals surface area contributed by atoms with Crippen LogP contribution in [-0.4, -0.2) is 62.6 Å². The molecule has 0 spiro atoms. The molecule has 0 atom stereocenters. The van der Waals surface area contributed by atoms with E-state index in [1.54, 1.807) is 0 Å². The molecule has 0 saturated heterocycles. The normalized spacial score (nSPS) is 15.1. The number of rotatable bonds is 12. The summed E-state index contributed by atoms with van der Waals surface area (Å²) in [5.74, 6) is -22.4. The Balaban J connectivity index is 3.49. The van der Waals surface area contributed by atoms with Crippen LogP contribution in [0.4, 0.5) is 0 Å². The summed E-state index contributed by atoms with van der Waals surface area (Å²) in [4.78, 5) is 76.5. The molecule has 0 bridgehead atoms. The molecule has 2 N–H and O–H groups in total. The third-order valence-electron chi connectivity index (χ3n) is 4.98. The van der Waals surface area contributed by atoms with Crippen molar-refractivity contribution in [3.8, 4) is 0 Å². The summed E-state index contributed by atoms with van der Waals surface area (Å²) in [6.45, 7) is 10.7. The van der Waals surface area contributed by atoms with E-state index in [1.807, 2.05) is 0 Å². The third-order valence-corrected chi connectivity index (χ3v) is 4.98. The summed E-state index contributed by atoms with van der Waals surface area (Å²) >= 11 is 0. The van der Waals surface area contributed by atoms with Crippen LogP contribution in [0.15, 0.2) is 12.5 Å². The second-order valence-electron chi connectivity index (χ2n) is 9.27. The minimum absolute atomic E-state index is 0.698. The SMILES string of the molecule is CC(C)C(=O)C(O)(OC(=O)C1(C(=O)OC(O)(C(=O)C(C)C)C(=O)C(C)C)OC=CO1)C(=O)C(C)C. The summed E-state index contributed by atoms with van der Waals surface area (Å²) in [6.07, 6.45) is 1.40. The van der Waals surface area contributed by atoms with Crippen molar-refractivity contribution in [2.24, 2.45) is 23.7 Å². The molecule has 0 aromatic rings. The topological polar surface area (TPSA) is 180 Å². The van der Waals surface area contributed by atoms with Crippen molar-refractivity contribution in [1.82, 2.24) is 0 Å². The van der Waals surface area contributed by atoms with Gasteiger partial charge >= 0.3 is 29.3 Å². The average Bonchev–Trinajstić information content (AvgIpc) is 3.27. The van der Waals surface area contributed by atoms with Crippen molar-refractivity contribution in [2.75, 3.05) is 0 Å². The molecule has 0 amide bonds. The average molecular weight is 500 g/mol. The lowest BCUT2D eigenvalue weighted by Gasteiger charge is -2.33. The standard InChI is InChI=1S/C23H32O12/c1-11(2)15(24)21(30,16(25)12(3)4)34-19(28)23(32-9-10-33-23)20(29)35-22(31,17(26)13(5)6)18(27)14(7)8/h9-14,30-31H,1-8H3. The maximum atomic E-state index is 13.0.